The fourth-order valence-electron chi connectivity index (χ4n) is 1.81. The van der Waals surface area contributed by atoms with Gasteiger partial charge in [0.2, 0.25) is 0 Å². The number of nitrogens with zero attached hydrogens (tertiary/aromatic N) is 2. The minimum atomic E-state index is -0.674. The number of aromatic nitrogens is 2. The number of rotatable bonds is 4. The van der Waals surface area contributed by atoms with E-state index in [0.717, 1.165) is 4.90 Å². The number of hydrogen-bond acceptors (Lipinski definition) is 7. The Morgan fingerprint density at radius 3 is 2.45 bits per heavy atom. The average Bonchev–Trinajstić information content (AvgIpc) is 2.36. The van der Waals surface area contributed by atoms with Crippen LogP contribution in [0.25, 0.3) is 0 Å². The van der Waals surface area contributed by atoms with Crippen LogP contribution in [-0.4, -0.2) is 22.2 Å². The summed E-state index contributed by atoms with van der Waals surface area (Å²) in [6.45, 7) is 1.68. The molecule has 0 bridgehead atoms. The molecule has 0 radical (unpaired) electrons. The van der Waals surface area contributed by atoms with Crippen LogP contribution in [0.5, 0.6) is 5.75 Å². The van der Waals surface area contributed by atoms with E-state index < -0.39 is 6.10 Å². The molecule has 1 atom stereocenters. The van der Waals surface area contributed by atoms with E-state index >= 15 is 0 Å². The zero-order valence-corrected chi connectivity index (χ0v) is 12.0. The average molecular weight is 292 g/mol. The lowest BCUT2D eigenvalue weighted by atomic mass is 10.1. The molecule has 0 fully saturated rings. The van der Waals surface area contributed by atoms with Crippen molar-refractivity contribution in [3.63, 3.8) is 0 Å². The highest BCUT2D eigenvalue weighted by atomic mass is 32.2. The molecule has 5 N–H and O–H groups in total. The summed E-state index contributed by atoms with van der Waals surface area (Å²) in [4.78, 5) is 9.02. The van der Waals surface area contributed by atoms with E-state index in [1.54, 1.807) is 20.1 Å². The van der Waals surface area contributed by atoms with Crippen molar-refractivity contribution in [2.24, 2.45) is 0 Å². The predicted octanol–water partition coefficient (Wildman–Crippen LogP) is 1.85. The lowest BCUT2D eigenvalue weighted by Crippen LogP contribution is -2.01. The zero-order chi connectivity index (χ0) is 14.7. The highest BCUT2D eigenvalue weighted by molar-refractivity contribution is 7.99. The SMILES string of the molecule is COc1cccc(Sc2nc(N)cc(N)n2)c1C(C)O. The van der Waals surface area contributed by atoms with E-state index in [1.807, 2.05) is 12.1 Å². The van der Waals surface area contributed by atoms with Crippen molar-refractivity contribution in [3.05, 3.63) is 29.8 Å². The van der Waals surface area contributed by atoms with Gasteiger partial charge in [-0.05, 0) is 30.8 Å². The van der Waals surface area contributed by atoms with Crippen molar-refractivity contribution >= 4 is 23.4 Å². The molecule has 6 nitrogen and oxygen atoms in total. The van der Waals surface area contributed by atoms with Gasteiger partial charge in [0.05, 0.1) is 13.2 Å². The Hall–Kier alpha value is -1.99. The van der Waals surface area contributed by atoms with E-state index in [2.05, 4.69) is 9.97 Å². The molecule has 1 heterocycles. The van der Waals surface area contributed by atoms with E-state index in [0.29, 0.717) is 28.1 Å². The highest BCUT2D eigenvalue weighted by Crippen LogP contribution is 2.37. The summed E-state index contributed by atoms with van der Waals surface area (Å²) in [6.07, 6.45) is -0.674. The molecule has 1 unspecified atom stereocenters. The first-order valence-electron chi connectivity index (χ1n) is 5.94. The van der Waals surface area contributed by atoms with E-state index in [9.17, 15) is 5.11 Å². The van der Waals surface area contributed by atoms with Gasteiger partial charge in [0.1, 0.15) is 17.4 Å². The van der Waals surface area contributed by atoms with Gasteiger partial charge in [0, 0.05) is 16.5 Å². The first kappa shape index (κ1) is 14.4. The van der Waals surface area contributed by atoms with Crippen molar-refractivity contribution in [1.82, 2.24) is 9.97 Å². The summed E-state index contributed by atoms with van der Waals surface area (Å²) in [7, 11) is 1.56. The Balaban J connectivity index is 2.42. The van der Waals surface area contributed by atoms with Gasteiger partial charge < -0.3 is 21.3 Å². The lowest BCUT2D eigenvalue weighted by Gasteiger charge is -2.15. The van der Waals surface area contributed by atoms with Gasteiger partial charge in [0.15, 0.2) is 5.16 Å². The molecule has 0 aliphatic carbocycles. The molecule has 1 aromatic carbocycles. The maximum Gasteiger partial charge on any atom is 0.196 e. The molecule has 7 heteroatoms. The first-order chi connectivity index (χ1) is 9.51. The molecule has 106 valence electrons. The van der Waals surface area contributed by atoms with Gasteiger partial charge in [0.25, 0.3) is 0 Å². The zero-order valence-electron chi connectivity index (χ0n) is 11.2. The molecule has 0 spiro atoms. The number of methoxy groups -OCH3 is 1. The second kappa shape index (κ2) is 5.98. The molecule has 20 heavy (non-hydrogen) atoms. The fourth-order valence-corrected chi connectivity index (χ4v) is 2.84. The lowest BCUT2D eigenvalue weighted by molar-refractivity contribution is 0.191. The topological polar surface area (TPSA) is 107 Å². The molecule has 0 saturated carbocycles. The predicted molar refractivity (Wildman–Crippen MR) is 78.6 cm³/mol. The van der Waals surface area contributed by atoms with Crippen LogP contribution in [0, 0.1) is 0 Å². The Kier molecular flexibility index (Phi) is 4.31. The molecule has 2 aromatic rings. The second-order valence-electron chi connectivity index (χ2n) is 4.15. The number of aliphatic hydroxyl groups is 1. The van der Waals surface area contributed by atoms with Gasteiger partial charge in [-0.2, -0.15) is 0 Å². The van der Waals surface area contributed by atoms with E-state index in [4.69, 9.17) is 16.2 Å². The summed E-state index contributed by atoms with van der Waals surface area (Å²) < 4.78 is 5.27. The number of ether oxygens (including phenoxy) is 1. The standard InChI is InChI=1S/C13H16N4O2S/c1-7(18)12-8(19-2)4-3-5-9(12)20-13-16-10(14)6-11(15)17-13/h3-7,18H,1-2H3,(H4,14,15,16,17). The summed E-state index contributed by atoms with van der Waals surface area (Å²) in [6, 6.07) is 6.98. The van der Waals surface area contributed by atoms with Crippen LogP contribution in [0.15, 0.2) is 34.3 Å². The van der Waals surface area contributed by atoms with E-state index in [-0.39, 0.29) is 0 Å². The van der Waals surface area contributed by atoms with Gasteiger partial charge in [-0.15, -0.1) is 0 Å². The number of nitrogen functional groups attached to an aromatic ring is 2. The van der Waals surface area contributed by atoms with Crippen LogP contribution >= 0.6 is 11.8 Å². The number of hydrogen-bond donors (Lipinski definition) is 3. The van der Waals surface area contributed by atoms with Crippen molar-refractivity contribution in [1.29, 1.82) is 0 Å². The number of benzene rings is 1. The van der Waals surface area contributed by atoms with Crippen molar-refractivity contribution in [2.45, 2.75) is 23.1 Å². The van der Waals surface area contributed by atoms with Gasteiger partial charge in [-0.25, -0.2) is 9.97 Å². The summed E-state index contributed by atoms with van der Waals surface area (Å²) in [5.41, 5.74) is 12.0. The Bertz CT molecular complexity index is 599. The molecule has 0 amide bonds. The Morgan fingerprint density at radius 2 is 1.90 bits per heavy atom. The third-order valence-electron chi connectivity index (χ3n) is 2.61. The second-order valence-corrected chi connectivity index (χ2v) is 5.16. The van der Waals surface area contributed by atoms with Gasteiger partial charge in [-0.1, -0.05) is 6.07 Å². The third-order valence-corrected chi connectivity index (χ3v) is 3.55. The monoisotopic (exact) mass is 292 g/mol. The molecular formula is C13H16N4O2S. The third kappa shape index (κ3) is 3.12. The van der Waals surface area contributed by atoms with Crippen molar-refractivity contribution in [3.8, 4) is 5.75 Å². The Labute approximate surface area is 121 Å². The van der Waals surface area contributed by atoms with Crippen LogP contribution in [0.1, 0.15) is 18.6 Å². The van der Waals surface area contributed by atoms with Gasteiger partial charge >= 0.3 is 0 Å². The van der Waals surface area contributed by atoms with E-state index in [1.165, 1.54) is 17.8 Å². The molecule has 0 aliphatic rings. The minimum absolute atomic E-state index is 0.307. The normalized spacial score (nSPS) is 12.2. The maximum absolute atomic E-state index is 9.92. The first-order valence-corrected chi connectivity index (χ1v) is 6.75. The number of aliphatic hydroxyl groups excluding tert-OH is 1. The summed E-state index contributed by atoms with van der Waals surface area (Å²) in [5.74, 6) is 1.23. The Morgan fingerprint density at radius 1 is 1.25 bits per heavy atom. The molecule has 1 aromatic heterocycles. The van der Waals surface area contributed by atoms with Crippen molar-refractivity contribution < 1.29 is 9.84 Å². The largest absolute Gasteiger partial charge is 0.496 e. The van der Waals surface area contributed by atoms with Crippen LogP contribution in [0.2, 0.25) is 0 Å². The molecular weight excluding hydrogens is 276 g/mol. The van der Waals surface area contributed by atoms with Crippen LogP contribution in [-0.2, 0) is 0 Å². The quantitative estimate of drug-likeness (QED) is 0.738. The fraction of sp³-hybridized carbons (Fsp3) is 0.231. The molecule has 2 rings (SSSR count). The smallest absolute Gasteiger partial charge is 0.196 e. The number of nitrogens with two attached hydrogens (primary N) is 2. The molecule has 0 saturated heterocycles. The van der Waals surface area contributed by atoms with Gasteiger partial charge in [-0.3, -0.25) is 0 Å². The number of anilines is 2. The highest BCUT2D eigenvalue weighted by Gasteiger charge is 2.16. The minimum Gasteiger partial charge on any atom is -0.496 e. The van der Waals surface area contributed by atoms with Crippen LogP contribution in [0.4, 0.5) is 11.6 Å². The summed E-state index contributed by atoms with van der Waals surface area (Å²) >= 11 is 1.28. The van der Waals surface area contributed by atoms with Crippen LogP contribution < -0.4 is 16.2 Å². The van der Waals surface area contributed by atoms with Crippen molar-refractivity contribution in [2.75, 3.05) is 18.6 Å². The van der Waals surface area contributed by atoms with Crippen LogP contribution in [0.3, 0.4) is 0 Å². The molecule has 0 aliphatic heterocycles. The maximum atomic E-state index is 9.92. The summed E-state index contributed by atoms with van der Waals surface area (Å²) in [5, 5.41) is 10.3.